The van der Waals surface area contributed by atoms with Crippen LogP contribution in [0.2, 0.25) is 0 Å². The second-order valence-corrected chi connectivity index (χ2v) is 5.76. The number of ether oxygens (including phenoxy) is 1. The SMILES string of the molecule is COC1(C2CC3CCC2C3)CCCC1. The summed E-state index contributed by atoms with van der Waals surface area (Å²) in [6, 6.07) is 0. The minimum Gasteiger partial charge on any atom is -0.378 e. The fourth-order valence-corrected chi connectivity index (χ4v) is 4.59. The van der Waals surface area contributed by atoms with Crippen molar-refractivity contribution in [3.05, 3.63) is 0 Å². The van der Waals surface area contributed by atoms with E-state index in [1.165, 1.54) is 51.4 Å². The van der Waals surface area contributed by atoms with Crippen molar-refractivity contribution in [2.45, 2.75) is 57.0 Å². The molecular weight excluding hydrogens is 172 g/mol. The molecule has 0 aromatic rings. The molecule has 0 aliphatic heterocycles. The third kappa shape index (κ3) is 1.18. The summed E-state index contributed by atoms with van der Waals surface area (Å²) in [7, 11) is 1.96. The predicted octanol–water partition coefficient (Wildman–Crippen LogP) is 3.38. The lowest BCUT2D eigenvalue weighted by Gasteiger charge is -2.39. The lowest BCUT2D eigenvalue weighted by Crippen LogP contribution is -2.40. The zero-order valence-electron chi connectivity index (χ0n) is 9.30. The smallest absolute Gasteiger partial charge is 0.0709 e. The van der Waals surface area contributed by atoms with Crippen LogP contribution in [-0.4, -0.2) is 12.7 Å². The van der Waals surface area contributed by atoms with Crippen LogP contribution >= 0.6 is 0 Å². The van der Waals surface area contributed by atoms with Crippen LogP contribution < -0.4 is 0 Å². The van der Waals surface area contributed by atoms with Crippen molar-refractivity contribution >= 4 is 0 Å². The van der Waals surface area contributed by atoms with E-state index in [1.807, 2.05) is 7.11 Å². The molecule has 14 heavy (non-hydrogen) atoms. The average Bonchev–Trinajstić information content (AvgIpc) is 2.94. The van der Waals surface area contributed by atoms with E-state index in [9.17, 15) is 0 Å². The molecule has 1 heteroatoms. The topological polar surface area (TPSA) is 9.23 Å². The summed E-state index contributed by atoms with van der Waals surface area (Å²) in [6.07, 6.45) is 11.5. The first kappa shape index (κ1) is 9.21. The van der Waals surface area contributed by atoms with E-state index in [0.29, 0.717) is 5.60 Å². The van der Waals surface area contributed by atoms with Gasteiger partial charge in [0, 0.05) is 7.11 Å². The minimum atomic E-state index is 0.319. The molecule has 0 aromatic heterocycles. The molecule has 0 aromatic carbocycles. The first-order valence-electron chi connectivity index (χ1n) is 6.39. The largest absolute Gasteiger partial charge is 0.378 e. The van der Waals surface area contributed by atoms with Crippen LogP contribution in [0.5, 0.6) is 0 Å². The van der Waals surface area contributed by atoms with Gasteiger partial charge < -0.3 is 4.74 Å². The molecule has 3 aliphatic carbocycles. The lowest BCUT2D eigenvalue weighted by molar-refractivity contribution is -0.0705. The molecule has 0 N–H and O–H groups in total. The van der Waals surface area contributed by atoms with Crippen LogP contribution in [0.1, 0.15) is 51.4 Å². The molecule has 80 valence electrons. The summed E-state index contributed by atoms with van der Waals surface area (Å²) in [5.41, 5.74) is 0.319. The number of methoxy groups -OCH3 is 1. The van der Waals surface area contributed by atoms with Crippen molar-refractivity contribution in [1.82, 2.24) is 0 Å². The average molecular weight is 194 g/mol. The molecule has 0 amide bonds. The lowest BCUT2D eigenvalue weighted by atomic mass is 9.75. The summed E-state index contributed by atoms with van der Waals surface area (Å²) in [4.78, 5) is 0. The van der Waals surface area contributed by atoms with Crippen LogP contribution in [0.15, 0.2) is 0 Å². The zero-order chi connectivity index (χ0) is 9.60. The number of hydrogen-bond donors (Lipinski definition) is 0. The molecule has 0 heterocycles. The molecule has 3 aliphatic rings. The van der Waals surface area contributed by atoms with Crippen molar-refractivity contribution in [2.24, 2.45) is 17.8 Å². The van der Waals surface area contributed by atoms with E-state index in [0.717, 1.165) is 17.8 Å². The molecule has 3 saturated carbocycles. The van der Waals surface area contributed by atoms with Crippen LogP contribution in [0.3, 0.4) is 0 Å². The summed E-state index contributed by atoms with van der Waals surface area (Å²) in [5.74, 6) is 3.02. The van der Waals surface area contributed by atoms with Gasteiger partial charge in [0.25, 0.3) is 0 Å². The van der Waals surface area contributed by atoms with Crippen molar-refractivity contribution in [2.75, 3.05) is 7.11 Å². The Labute approximate surface area is 87.2 Å². The summed E-state index contributed by atoms with van der Waals surface area (Å²) < 4.78 is 5.94. The molecule has 0 radical (unpaired) electrons. The summed E-state index contributed by atoms with van der Waals surface area (Å²) >= 11 is 0. The maximum absolute atomic E-state index is 5.94. The van der Waals surface area contributed by atoms with Crippen molar-refractivity contribution in [1.29, 1.82) is 0 Å². The van der Waals surface area contributed by atoms with E-state index in [4.69, 9.17) is 4.74 Å². The Morgan fingerprint density at radius 1 is 1.07 bits per heavy atom. The molecule has 0 spiro atoms. The van der Waals surface area contributed by atoms with E-state index in [1.54, 1.807) is 0 Å². The van der Waals surface area contributed by atoms with E-state index in [-0.39, 0.29) is 0 Å². The Kier molecular flexibility index (Phi) is 2.12. The Morgan fingerprint density at radius 2 is 1.86 bits per heavy atom. The van der Waals surface area contributed by atoms with Crippen LogP contribution in [0, 0.1) is 17.8 Å². The number of rotatable bonds is 2. The number of fused-ring (bicyclic) bond motifs is 2. The maximum atomic E-state index is 5.94. The summed E-state index contributed by atoms with van der Waals surface area (Å²) in [6.45, 7) is 0. The molecule has 3 unspecified atom stereocenters. The highest BCUT2D eigenvalue weighted by Gasteiger charge is 2.51. The fourth-order valence-electron chi connectivity index (χ4n) is 4.59. The van der Waals surface area contributed by atoms with Crippen molar-refractivity contribution in [3.8, 4) is 0 Å². The van der Waals surface area contributed by atoms with Crippen molar-refractivity contribution < 1.29 is 4.74 Å². The van der Waals surface area contributed by atoms with Gasteiger partial charge in [-0.2, -0.15) is 0 Å². The van der Waals surface area contributed by atoms with Crippen LogP contribution in [-0.2, 0) is 4.74 Å². The minimum absolute atomic E-state index is 0.319. The Bertz CT molecular complexity index is 217. The maximum Gasteiger partial charge on any atom is 0.0709 e. The van der Waals surface area contributed by atoms with Gasteiger partial charge in [0.05, 0.1) is 5.60 Å². The highest BCUT2D eigenvalue weighted by atomic mass is 16.5. The molecular formula is C13H22O. The van der Waals surface area contributed by atoms with E-state index in [2.05, 4.69) is 0 Å². The monoisotopic (exact) mass is 194 g/mol. The molecule has 3 fully saturated rings. The van der Waals surface area contributed by atoms with Gasteiger partial charge in [-0.25, -0.2) is 0 Å². The molecule has 0 saturated heterocycles. The molecule has 3 atom stereocenters. The first-order chi connectivity index (χ1) is 6.84. The van der Waals surface area contributed by atoms with E-state index < -0.39 is 0 Å². The van der Waals surface area contributed by atoms with Gasteiger partial charge in [0.1, 0.15) is 0 Å². The predicted molar refractivity (Wildman–Crippen MR) is 57.1 cm³/mol. The molecule has 3 rings (SSSR count). The quantitative estimate of drug-likeness (QED) is 0.655. The van der Waals surface area contributed by atoms with Gasteiger partial charge in [-0.1, -0.05) is 19.3 Å². The molecule has 1 nitrogen and oxygen atoms in total. The second kappa shape index (κ2) is 3.23. The zero-order valence-corrected chi connectivity index (χ0v) is 9.30. The first-order valence-corrected chi connectivity index (χ1v) is 6.39. The summed E-state index contributed by atoms with van der Waals surface area (Å²) in [5, 5.41) is 0. The Morgan fingerprint density at radius 3 is 2.36 bits per heavy atom. The van der Waals surface area contributed by atoms with Gasteiger partial charge in [-0.15, -0.1) is 0 Å². The highest BCUT2D eigenvalue weighted by Crippen LogP contribution is 2.56. The highest BCUT2D eigenvalue weighted by molar-refractivity contribution is 5.02. The third-order valence-electron chi connectivity index (χ3n) is 5.27. The number of hydrogen-bond acceptors (Lipinski definition) is 1. The van der Waals surface area contributed by atoms with Crippen LogP contribution in [0.4, 0.5) is 0 Å². The van der Waals surface area contributed by atoms with E-state index >= 15 is 0 Å². The normalized spacial score (nSPS) is 44.8. The van der Waals surface area contributed by atoms with Crippen LogP contribution in [0.25, 0.3) is 0 Å². The van der Waals surface area contributed by atoms with Gasteiger partial charge in [-0.3, -0.25) is 0 Å². The van der Waals surface area contributed by atoms with Gasteiger partial charge in [0.15, 0.2) is 0 Å². The van der Waals surface area contributed by atoms with Gasteiger partial charge in [-0.05, 0) is 49.9 Å². The standard InChI is InChI=1S/C13H22O/c1-14-13(6-2-3-7-13)12-9-10-4-5-11(12)8-10/h10-12H,2-9H2,1H3. The van der Waals surface area contributed by atoms with Gasteiger partial charge in [0.2, 0.25) is 0 Å². The fraction of sp³-hybridized carbons (Fsp3) is 1.00. The Balaban J connectivity index is 1.80. The molecule has 2 bridgehead atoms. The van der Waals surface area contributed by atoms with Crippen molar-refractivity contribution in [3.63, 3.8) is 0 Å². The van der Waals surface area contributed by atoms with Gasteiger partial charge >= 0.3 is 0 Å². The Hall–Kier alpha value is -0.0400. The second-order valence-electron chi connectivity index (χ2n) is 5.76. The third-order valence-corrected chi connectivity index (χ3v) is 5.27.